The molecule has 0 radical (unpaired) electrons. The van der Waals surface area contributed by atoms with E-state index in [4.69, 9.17) is 4.74 Å². The minimum absolute atomic E-state index is 0.0204. The molecular weight excluding hydrogens is 1030 g/mol. The van der Waals surface area contributed by atoms with Crippen LogP contribution in [0.3, 0.4) is 0 Å². The summed E-state index contributed by atoms with van der Waals surface area (Å²) in [6, 6.07) is -0.627. The van der Waals surface area contributed by atoms with Crippen LogP contribution < -0.4 is 5.32 Å². The van der Waals surface area contributed by atoms with Crippen molar-refractivity contribution in [3.63, 3.8) is 0 Å². The second-order valence-corrected chi connectivity index (χ2v) is 26.7. The first-order valence-electron chi connectivity index (χ1n) is 38.6. The van der Waals surface area contributed by atoms with Gasteiger partial charge in [-0.2, -0.15) is 0 Å². The molecule has 0 heterocycles. The Morgan fingerprint density at radius 2 is 0.560 bits per heavy atom. The molecule has 0 aliphatic rings. The summed E-state index contributed by atoms with van der Waals surface area (Å²) >= 11 is 0. The summed E-state index contributed by atoms with van der Waals surface area (Å²) in [5.74, 6) is -0.0401. The van der Waals surface area contributed by atoms with Gasteiger partial charge in [0.25, 0.3) is 0 Å². The van der Waals surface area contributed by atoms with Crippen LogP contribution in [-0.2, 0) is 14.3 Å². The number of hydrogen-bond donors (Lipinski definition) is 3. The van der Waals surface area contributed by atoms with Crippen LogP contribution in [0.1, 0.15) is 438 Å². The number of hydrogen-bond acceptors (Lipinski definition) is 5. The zero-order valence-electron chi connectivity index (χ0n) is 57.2. The molecule has 2 atom stereocenters. The Kier molecular flexibility index (Phi) is 72.3. The largest absolute Gasteiger partial charge is 0.466 e. The fourth-order valence-corrected chi connectivity index (χ4v) is 12.3. The van der Waals surface area contributed by atoms with Gasteiger partial charge in [-0.3, -0.25) is 9.59 Å². The molecule has 0 aromatic heterocycles. The maximum absolute atomic E-state index is 12.5. The Balaban J connectivity index is 3.38. The fourth-order valence-electron chi connectivity index (χ4n) is 12.3. The van der Waals surface area contributed by atoms with Crippen molar-refractivity contribution in [3.05, 3.63) is 24.3 Å². The van der Waals surface area contributed by atoms with Gasteiger partial charge in [0.2, 0.25) is 5.91 Å². The lowest BCUT2D eigenvalue weighted by atomic mass is 10.0. The highest BCUT2D eigenvalue weighted by molar-refractivity contribution is 5.76. The number of carbonyl (C=O) groups is 2. The summed E-state index contributed by atoms with van der Waals surface area (Å²) in [5, 5.41) is 23.3. The molecule has 0 saturated heterocycles. The second-order valence-electron chi connectivity index (χ2n) is 26.7. The molecular formula is C78H151NO5. The first-order valence-corrected chi connectivity index (χ1v) is 38.6. The lowest BCUT2D eigenvalue weighted by molar-refractivity contribution is -0.143. The third-order valence-electron chi connectivity index (χ3n) is 18.2. The van der Waals surface area contributed by atoms with Crippen molar-refractivity contribution in [2.75, 3.05) is 13.2 Å². The summed E-state index contributed by atoms with van der Waals surface area (Å²) in [6.45, 7) is 4.95. The minimum atomic E-state index is -0.844. The lowest BCUT2D eigenvalue weighted by Gasteiger charge is -2.20. The molecule has 6 heteroatoms. The zero-order chi connectivity index (χ0) is 60.6. The molecule has 2 unspecified atom stereocenters. The normalized spacial score (nSPS) is 12.6. The van der Waals surface area contributed by atoms with Crippen LogP contribution in [0, 0.1) is 0 Å². The minimum Gasteiger partial charge on any atom is -0.466 e. The fraction of sp³-hybridized carbons (Fsp3) is 0.923. The molecule has 0 aromatic rings. The van der Waals surface area contributed by atoms with E-state index in [9.17, 15) is 19.8 Å². The van der Waals surface area contributed by atoms with Gasteiger partial charge in [-0.05, 0) is 57.8 Å². The molecule has 0 aliphatic carbocycles. The van der Waals surface area contributed by atoms with E-state index in [1.54, 1.807) is 6.08 Å². The monoisotopic (exact) mass is 1180 g/mol. The smallest absolute Gasteiger partial charge is 0.305 e. The molecule has 0 aliphatic heterocycles. The van der Waals surface area contributed by atoms with Crippen LogP contribution >= 0.6 is 0 Å². The Bertz CT molecular complexity index is 1320. The topological polar surface area (TPSA) is 95.9 Å². The zero-order valence-corrected chi connectivity index (χ0v) is 57.2. The lowest BCUT2D eigenvalue weighted by Crippen LogP contribution is -2.45. The van der Waals surface area contributed by atoms with Crippen LogP contribution in [0.4, 0.5) is 0 Å². The van der Waals surface area contributed by atoms with E-state index >= 15 is 0 Å². The first-order chi connectivity index (χ1) is 41.5. The van der Waals surface area contributed by atoms with E-state index in [0.717, 1.165) is 38.5 Å². The predicted molar refractivity (Wildman–Crippen MR) is 370 cm³/mol. The SMILES string of the molecule is CCCCCCCCCCCCCCCCCCCCCC/C=C/C(O)C(CO)NC(=O)CCCCCCCCCCCCCCCCCC/C=C\CCCCCCCCCCCCCCOC(=O)CCCCCCCCCCCCCCC. The molecule has 6 nitrogen and oxygen atoms in total. The van der Waals surface area contributed by atoms with Gasteiger partial charge in [-0.1, -0.05) is 391 Å². The third-order valence-corrected chi connectivity index (χ3v) is 18.2. The van der Waals surface area contributed by atoms with Gasteiger partial charge in [-0.15, -0.1) is 0 Å². The Hall–Kier alpha value is -1.66. The highest BCUT2D eigenvalue weighted by Gasteiger charge is 2.18. The molecule has 0 spiro atoms. The van der Waals surface area contributed by atoms with E-state index < -0.39 is 12.1 Å². The molecule has 0 rings (SSSR count). The number of amides is 1. The van der Waals surface area contributed by atoms with Gasteiger partial charge < -0.3 is 20.3 Å². The van der Waals surface area contributed by atoms with Gasteiger partial charge >= 0.3 is 5.97 Å². The quantitative estimate of drug-likeness (QED) is 0.0320. The van der Waals surface area contributed by atoms with Crippen molar-refractivity contribution in [1.82, 2.24) is 5.32 Å². The maximum atomic E-state index is 12.5. The number of allylic oxidation sites excluding steroid dienone is 3. The van der Waals surface area contributed by atoms with Gasteiger partial charge in [0.15, 0.2) is 0 Å². The number of nitrogens with one attached hydrogen (secondary N) is 1. The van der Waals surface area contributed by atoms with E-state index in [-0.39, 0.29) is 18.5 Å². The van der Waals surface area contributed by atoms with E-state index in [2.05, 4.69) is 31.3 Å². The molecule has 0 saturated carbocycles. The highest BCUT2D eigenvalue weighted by atomic mass is 16.5. The highest BCUT2D eigenvalue weighted by Crippen LogP contribution is 2.20. The Morgan fingerprint density at radius 1 is 0.321 bits per heavy atom. The van der Waals surface area contributed by atoms with E-state index in [1.807, 2.05) is 6.08 Å². The third kappa shape index (κ3) is 69.4. The number of rotatable bonds is 73. The van der Waals surface area contributed by atoms with Gasteiger partial charge in [0.05, 0.1) is 25.4 Å². The van der Waals surface area contributed by atoms with Crippen molar-refractivity contribution in [3.8, 4) is 0 Å². The summed E-state index contributed by atoms with van der Waals surface area (Å²) < 4.78 is 5.49. The van der Waals surface area contributed by atoms with Crippen molar-refractivity contribution in [2.45, 2.75) is 450 Å². The summed E-state index contributed by atoms with van der Waals surface area (Å²) in [7, 11) is 0. The van der Waals surface area contributed by atoms with E-state index in [1.165, 1.54) is 372 Å². The first kappa shape index (κ1) is 82.3. The molecule has 1 amide bonds. The van der Waals surface area contributed by atoms with Gasteiger partial charge in [-0.25, -0.2) is 0 Å². The average Bonchev–Trinajstić information content (AvgIpc) is 3.53. The van der Waals surface area contributed by atoms with Gasteiger partial charge in [0, 0.05) is 12.8 Å². The van der Waals surface area contributed by atoms with Crippen LogP contribution in [0.2, 0.25) is 0 Å². The standard InChI is InChI=1S/C78H151NO5/c1-3-5-7-9-11-13-15-17-18-19-20-21-34-37-40-43-47-50-54-58-62-66-70-76(81)75(74-80)79-77(82)71-67-63-59-55-51-48-44-41-38-35-32-30-28-26-24-22-23-25-27-29-31-33-36-39-42-45-49-53-57-61-65-69-73-84-78(83)72-68-64-60-56-52-46-16-14-12-10-8-6-4-2/h25,27,66,70,75-76,80-81H,3-24,26,28-65,67-69,71-74H2,1-2H3,(H,79,82)/b27-25-,70-66+. The number of carbonyl (C=O) groups excluding carboxylic acids is 2. The average molecular weight is 1180 g/mol. The molecule has 84 heavy (non-hydrogen) atoms. The Labute approximate surface area is 526 Å². The molecule has 0 aromatic carbocycles. The van der Waals surface area contributed by atoms with Crippen LogP contribution in [0.25, 0.3) is 0 Å². The Morgan fingerprint density at radius 3 is 0.845 bits per heavy atom. The number of aliphatic hydroxyl groups is 2. The van der Waals surface area contributed by atoms with Crippen molar-refractivity contribution >= 4 is 11.9 Å². The number of unbranched alkanes of at least 4 members (excludes halogenated alkanes) is 60. The van der Waals surface area contributed by atoms with Crippen LogP contribution in [0.15, 0.2) is 24.3 Å². The van der Waals surface area contributed by atoms with Crippen molar-refractivity contribution < 1.29 is 24.5 Å². The number of esters is 1. The van der Waals surface area contributed by atoms with Crippen LogP contribution in [-0.4, -0.2) is 47.4 Å². The number of aliphatic hydroxyl groups excluding tert-OH is 2. The summed E-state index contributed by atoms with van der Waals surface area (Å²) in [6.07, 6.45) is 94.3. The predicted octanol–water partition coefficient (Wildman–Crippen LogP) is 25.3. The summed E-state index contributed by atoms with van der Waals surface area (Å²) in [5.41, 5.74) is 0. The van der Waals surface area contributed by atoms with Crippen molar-refractivity contribution in [2.24, 2.45) is 0 Å². The van der Waals surface area contributed by atoms with Gasteiger partial charge in [0.1, 0.15) is 0 Å². The van der Waals surface area contributed by atoms with E-state index in [0.29, 0.717) is 19.4 Å². The number of ether oxygens (including phenoxy) is 1. The summed E-state index contributed by atoms with van der Waals surface area (Å²) in [4.78, 5) is 24.6. The van der Waals surface area contributed by atoms with Crippen molar-refractivity contribution in [1.29, 1.82) is 0 Å². The molecule has 0 fully saturated rings. The molecule has 0 bridgehead atoms. The van der Waals surface area contributed by atoms with Crippen LogP contribution in [0.5, 0.6) is 0 Å². The second kappa shape index (κ2) is 73.8. The maximum Gasteiger partial charge on any atom is 0.305 e. The molecule has 498 valence electrons. The molecule has 3 N–H and O–H groups in total.